The number of fused-ring (bicyclic) bond motifs is 1. The molecule has 0 radical (unpaired) electrons. The van der Waals surface area contributed by atoms with Gasteiger partial charge in [0.2, 0.25) is 5.91 Å². The van der Waals surface area contributed by atoms with E-state index in [-0.39, 0.29) is 21.7 Å². The van der Waals surface area contributed by atoms with Crippen molar-refractivity contribution in [2.75, 3.05) is 16.0 Å². The van der Waals surface area contributed by atoms with Gasteiger partial charge in [0.1, 0.15) is 4.90 Å². The van der Waals surface area contributed by atoms with E-state index in [2.05, 4.69) is 9.71 Å². The Balaban J connectivity index is 1.58. The molecule has 0 aliphatic carbocycles. The molecule has 32 heavy (non-hydrogen) atoms. The second-order valence-corrected chi connectivity index (χ2v) is 10.1. The van der Waals surface area contributed by atoms with E-state index in [0.717, 1.165) is 34.1 Å². The van der Waals surface area contributed by atoms with Crippen LogP contribution in [0.3, 0.4) is 0 Å². The average molecular weight is 466 g/mol. The molecule has 8 heteroatoms. The third kappa shape index (κ3) is 4.87. The molecule has 0 unspecified atom stereocenters. The molecule has 6 nitrogen and oxygen atoms in total. The van der Waals surface area contributed by atoms with Crippen molar-refractivity contribution in [3.63, 3.8) is 0 Å². The molecule has 0 spiro atoms. The van der Waals surface area contributed by atoms with E-state index in [4.69, 9.17) is 0 Å². The molecule has 3 aromatic rings. The van der Waals surface area contributed by atoms with Crippen LogP contribution in [0.2, 0.25) is 0 Å². The lowest BCUT2D eigenvalue weighted by Gasteiger charge is -2.30. The summed E-state index contributed by atoms with van der Waals surface area (Å²) in [5, 5.41) is 3.19. The van der Waals surface area contributed by atoms with Gasteiger partial charge in [0.25, 0.3) is 10.0 Å². The number of sulfonamides is 1. The van der Waals surface area contributed by atoms with Crippen molar-refractivity contribution in [2.45, 2.75) is 25.3 Å². The Kier molecular flexibility index (Phi) is 6.34. The summed E-state index contributed by atoms with van der Waals surface area (Å²) in [6.07, 6.45) is 0. The maximum absolute atomic E-state index is 12.8. The Morgan fingerprint density at radius 3 is 2.50 bits per heavy atom. The van der Waals surface area contributed by atoms with Gasteiger partial charge in [-0.05, 0) is 48.7 Å². The number of nitrogens with one attached hydrogen (secondary N) is 1. The summed E-state index contributed by atoms with van der Waals surface area (Å²) in [7, 11) is -3.84. The predicted molar refractivity (Wildman–Crippen MR) is 131 cm³/mol. The second kappa shape index (κ2) is 9.18. The lowest BCUT2D eigenvalue weighted by molar-refractivity contribution is -0.113. The maximum Gasteiger partial charge on any atom is 0.286 e. The standard InChI is InChI=1S/C24H23N3O3S2/c1-17-12-13-18(2)20(14-17)25-23(28)16-31-24-26-32(29,30)22-11-7-6-10-21(22)27(24)15-19-8-4-3-5-9-19/h3-14H,15-16H2,1-2H3,(H,25,28). The number of amidine groups is 1. The van der Waals surface area contributed by atoms with E-state index < -0.39 is 10.0 Å². The largest absolute Gasteiger partial charge is 0.325 e. The fraction of sp³-hybridized carbons (Fsp3) is 0.167. The van der Waals surface area contributed by atoms with Crippen LogP contribution in [0.25, 0.3) is 0 Å². The summed E-state index contributed by atoms with van der Waals surface area (Å²) < 4.78 is 29.6. The molecule has 1 amide bonds. The number of hydrogen-bond acceptors (Lipinski definition) is 5. The molecule has 0 aromatic heterocycles. The summed E-state index contributed by atoms with van der Waals surface area (Å²) in [6.45, 7) is 4.33. The van der Waals surface area contributed by atoms with Gasteiger partial charge in [-0.25, -0.2) is 0 Å². The van der Waals surface area contributed by atoms with Crippen molar-refractivity contribution in [2.24, 2.45) is 4.40 Å². The summed E-state index contributed by atoms with van der Waals surface area (Å²) in [4.78, 5) is 14.7. The summed E-state index contributed by atoms with van der Waals surface area (Å²) >= 11 is 1.11. The quantitative estimate of drug-likeness (QED) is 0.589. The number of amides is 1. The van der Waals surface area contributed by atoms with E-state index in [1.165, 1.54) is 0 Å². The molecule has 0 saturated heterocycles. The number of nitrogens with zero attached hydrogens (tertiary/aromatic N) is 2. The average Bonchev–Trinajstić information content (AvgIpc) is 2.78. The van der Waals surface area contributed by atoms with Gasteiger partial charge in [-0.15, -0.1) is 4.40 Å². The first kappa shape index (κ1) is 22.1. The molecular formula is C24H23N3O3S2. The Hall–Kier alpha value is -3.10. The van der Waals surface area contributed by atoms with Crippen LogP contribution in [0.15, 0.2) is 82.1 Å². The van der Waals surface area contributed by atoms with Crippen LogP contribution in [0.1, 0.15) is 16.7 Å². The zero-order chi connectivity index (χ0) is 22.7. The number of carbonyl (C=O) groups is 1. The highest BCUT2D eigenvalue weighted by Gasteiger charge is 2.31. The molecule has 1 N–H and O–H groups in total. The van der Waals surface area contributed by atoms with Crippen molar-refractivity contribution in [1.82, 2.24) is 0 Å². The second-order valence-electron chi connectivity index (χ2n) is 7.54. The third-order valence-corrected chi connectivity index (χ3v) is 7.45. The highest BCUT2D eigenvalue weighted by Crippen LogP contribution is 2.35. The van der Waals surface area contributed by atoms with Gasteiger partial charge in [0, 0.05) is 5.69 Å². The number of rotatable bonds is 5. The number of thioether (sulfide) groups is 1. The molecule has 3 aromatic carbocycles. The number of carbonyl (C=O) groups excluding carboxylic acids is 1. The third-order valence-electron chi connectivity index (χ3n) is 5.05. The normalized spacial score (nSPS) is 14.4. The number of aryl methyl sites for hydroxylation is 2. The monoisotopic (exact) mass is 465 g/mol. The molecule has 1 heterocycles. The van der Waals surface area contributed by atoms with E-state index in [1.54, 1.807) is 24.3 Å². The SMILES string of the molecule is Cc1ccc(C)c(NC(=O)CSC2=NS(=O)(=O)c3ccccc3N2Cc2ccccc2)c1. The number of hydrogen-bond donors (Lipinski definition) is 1. The van der Waals surface area contributed by atoms with Gasteiger partial charge in [-0.2, -0.15) is 8.42 Å². The van der Waals surface area contributed by atoms with E-state index in [1.807, 2.05) is 67.3 Å². The molecule has 164 valence electrons. The van der Waals surface area contributed by atoms with Crippen LogP contribution in [0.5, 0.6) is 0 Å². The van der Waals surface area contributed by atoms with Gasteiger partial charge in [0.05, 0.1) is 18.0 Å². The van der Waals surface area contributed by atoms with Gasteiger partial charge < -0.3 is 10.2 Å². The first-order chi connectivity index (χ1) is 15.3. The minimum absolute atomic E-state index is 0.0369. The molecule has 4 rings (SSSR count). The van der Waals surface area contributed by atoms with Crippen molar-refractivity contribution in [3.05, 3.63) is 89.5 Å². The zero-order valence-electron chi connectivity index (χ0n) is 17.8. The maximum atomic E-state index is 12.8. The van der Waals surface area contributed by atoms with Crippen molar-refractivity contribution < 1.29 is 13.2 Å². The molecule has 0 atom stereocenters. The molecule has 0 bridgehead atoms. The van der Waals surface area contributed by atoms with E-state index in [0.29, 0.717) is 12.2 Å². The van der Waals surface area contributed by atoms with E-state index >= 15 is 0 Å². The smallest absolute Gasteiger partial charge is 0.286 e. The predicted octanol–water partition coefficient (Wildman–Crippen LogP) is 4.74. The van der Waals surface area contributed by atoms with Gasteiger partial charge >= 0.3 is 0 Å². The fourth-order valence-electron chi connectivity index (χ4n) is 3.41. The molecule has 0 fully saturated rings. The highest BCUT2D eigenvalue weighted by molar-refractivity contribution is 8.15. The first-order valence-corrected chi connectivity index (χ1v) is 12.5. The van der Waals surface area contributed by atoms with Crippen LogP contribution in [-0.2, 0) is 21.4 Å². The minimum Gasteiger partial charge on any atom is -0.325 e. The summed E-state index contributed by atoms with van der Waals surface area (Å²) in [5.41, 5.74) is 4.33. The van der Waals surface area contributed by atoms with Gasteiger partial charge in [-0.3, -0.25) is 4.79 Å². The van der Waals surface area contributed by atoms with Gasteiger partial charge in [0.15, 0.2) is 5.17 Å². The lowest BCUT2D eigenvalue weighted by atomic mass is 10.1. The highest BCUT2D eigenvalue weighted by atomic mass is 32.2. The Bertz CT molecular complexity index is 1290. The Labute approximate surface area is 192 Å². The van der Waals surface area contributed by atoms with E-state index in [9.17, 15) is 13.2 Å². The van der Waals surface area contributed by atoms with Crippen LogP contribution in [-0.4, -0.2) is 25.2 Å². The van der Waals surface area contributed by atoms with Crippen LogP contribution in [0, 0.1) is 13.8 Å². The molecule has 0 saturated carbocycles. The lowest BCUT2D eigenvalue weighted by Crippen LogP contribution is -2.34. The Morgan fingerprint density at radius 1 is 1.00 bits per heavy atom. The Morgan fingerprint density at radius 2 is 1.72 bits per heavy atom. The summed E-state index contributed by atoms with van der Waals surface area (Å²) in [5.74, 6) is -0.183. The molecule has 1 aliphatic rings. The number of benzene rings is 3. The number of anilines is 2. The van der Waals surface area contributed by atoms with Crippen molar-refractivity contribution in [3.8, 4) is 0 Å². The van der Waals surface area contributed by atoms with Gasteiger partial charge in [-0.1, -0.05) is 66.4 Å². The first-order valence-electron chi connectivity index (χ1n) is 10.1. The zero-order valence-corrected chi connectivity index (χ0v) is 19.4. The fourth-order valence-corrected chi connectivity index (χ4v) is 5.66. The van der Waals surface area contributed by atoms with Crippen LogP contribution >= 0.6 is 11.8 Å². The minimum atomic E-state index is -3.84. The summed E-state index contributed by atoms with van der Waals surface area (Å²) in [6, 6.07) is 22.4. The van der Waals surface area contributed by atoms with Crippen molar-refractivity contribution in [1.29, 1.82) is 0 Å². The van der Waals surface area contributed by atoms with Crippen LogP contribution < -0.4 is 10.2 Å². The molecular weight excluding hydrogens is 442 g/mol. The van der Waals surface area contributed by atoms with Crippen LogP contribution in [0.4, 0.5) is 11.4 Å². The number of para-hydroxylation sites is 1. The molecule has 1 aliphatic heterocycles. The van der Waals surface area contributed by atoms with Crippen molar-refractivity contribution >= 4 is 44.2 Å². The topological polar surface area (TPSA) is 78.8 Å².